The highest BCUT2D eigenvalue weighted by molar-refractivity contribution is 6.03. The van der Waals surface area contributed by atoms with Crippen LogP contribution in [0.3, 0.4) is 0 Å². The molecule has 1 aliphatic heterocycles. The van der Waals surface area contributed by atoms with Crippen molar-refractivity contribution in [2.75, 3.05) is 13.1 Å². The van der Waals surface area contributed by atoms with Crippen LogP contribution in [0.1, 0.15) is 5.56 Å². The number of rotatable bonds is 3. The van der Waals surface area contributed by atoms with Crippen LogP contribution < -0.4 is 5.32 Å². The van der Waals surface area contributed by atoms with Gasteiger partial charge in [-0.1, -0.05) is 30.3 Å². The second kappa shape index (κ2) is 5.12. The lowest BCUT2D eigenvalue weighted by Gasteiger charge is -2.16. The number of nitriles is 1. The molecule has 0 spiro atoms. The maximum absolute atomic E-state index is 11.5. The molecule has 5 nitrogen and oxygen atoms in total. The van der Waals surface area contributed by atoms with Gasteiger partial charge in [0.2, 0.25) is 5.96 Å². The van der Waals surface area contributed by atoms with E-state index in [2.05, 4.69) is 10.3 Å². The normalized spacial score (nSPS) is 14.4. The van der Waals surface area contributed by atoms with Crippen LogP contribution in [-0.2, 0) is 11.2 Å². The van der Waals surface area contributed by atoms with Crippen LogP contribution in [0.15, 0.2) is 35.3 Å². The molecule has 1 amide bonds. The first kappa shape index (κ1) is 11.1. The second-order valence-electron chi connectivity index (χ2n) is 3.66. The zero-order chi connectivity index (χ0) is 12.1. The Morgan fingerprint density at radius 3 is 2.88 bits per heavy atom. The number of nitrogens with zero attached hydrogens (tertiary/aromatic N) is 3. The Labute approximate surface area is 99.4 Å². The van der Waals surface area contributed by atoms with Crippen LogP contribution in [0.25, 0.3) is 0 Å². The number of aliphatic imine (C=N–C) groups is 1. The quantitative estimate of drug-likeness (QED) is 0.605. The molecule has 0 aliphatic carbocycles. The molecule has 86 valence electrons. The third-order valence-corrected chi connectivity index (χ3v) is 2.56. The van der Waals surface area contributed by atoms with Gasteiger partial charge in [-0.25, -0.2) is 4.99 Å². The molecule has 1 aromatic carbocycles. The van der Waals surface area contributed by atoms with Gasteiger partial charge in [0.1, 0.15) is 6.54 Å². The molecule has 0 aromatic heterocycles. The first-order valence-corrected chi connectivity index (χ1v) is 5.35. The molecule has 0 atom stereocenters. The van der Waals surface area contributed by atoms with E-state index in [1.165, 1.54) is 4.90 Å². The van der Waals surface area contributed by atoms with Crippen molar-refractivity contribution in [3.8, 4) is 6.19 Å². The lowest BCUT2D eigenvalue weighted by Crippen LogP contribution is -2.40. The number of carbonyl (C=O) groups is 1. The van der Waals surface area contributed by atoms with Crippen LogP contribution in [0.4, 0.5) is 0 Å². The fourth-order valence-corrected chi connectivity index (χ4v) is 1.70. The second-order valence-corrected chi connectivity index (χ2v) is 3.66. The van der Waals surface area contributed by atoms with Gasteiger partial charge in [-0.05, 0) is 12.0 Å². The van der Waals surface area contributed by atoms with Crippen molar-refractivity contribution >= 4 is 11.9 Å². The van der Waals surface area contributed by atoms with E-state index in [9.17, 15) is 4.79 Å². The summed E-state index contributed by atoms with van der Waals surface area (Å²) in [5.41, 5.74) is 1.16. The monoisotopic (exact) mass is 228 g/mol. The van der Waals surface area contributed by atoms with Gasteiger partial charge in [-0.2, -0.15) is 5.26 Å². The molecule has 0 unspecified atom stereocenters. The predicted molar refractivity (Wildman–Crippen MR) is 62.9 cm³/mol. The minimum Gasteiger partial charge on any atom is -0.280 e. The SMILES string of the molecule is N#CNC1=NCC(=O)N1CCc1ccccc1. The summed E-state index contributed by atoms with van der Waals surface area (Å²) in [6.07, 6.45) is 2.53. The third kappa shape index (κ3) is 2.61. The molecule has 0 saturated carbocycles. The summed E-state index contributed by atoms with van der Waals surface area (Å²) in [6.45, 7) is 0.662. The average Bonchev–Trinajstić information content (AvgIpc) is 2.70. The minimum absolute atomic E-state index is 0.0707. The summed E-state index contributed by atoms with van der Waals surface area (Å²) < 4.78 is 0. The molecule has 1 N–H and O–H groups in total. The summed E-state index contributed by atoms with van der Waals surface area (Å²) in [5.74, 6) is 0.284. The molecule has 0 fully saturated rings. The standard InChI is InChI=1S/C12H12N4O/c13-9-15-12-14-8-11(17)16(12)7-6-10-4-2-1-3-5-10/h1-5H,6-8H2,(H,14,15). The number of guanidine groups is 1. The Kier molecular flexibility index (Phi) is 3.36. The summed E-state index contributed by atoms with van der Waals surface area (Å²) in [4.78, 5) is 17.0. The van der Waals surface area contributed by atoms with Crippen molar-refractivity contribution in [2.24, 2.45) is 4.99 Å². The molecule has 0 bridgehead atoms. The largest absolute Gasteiger partial charge is 0.280 e. The summed E-state index contributed by atoms with van der Waals surface area (Å²) in [7, 11) is 0. The summed E-state index contributed by atoms with van der Waals surface area (Å²) in [5, 5.41) is 11.0. The smallest absolute Gasteiger partial charge is 0.251 e. The van der Waals surface area contributed by atoms with Crippen molar-refractivity contribution in [3.05, 3.63) is 35.9 Å². The predicted octanol–water partition coefficient (Wildman–Crippen LogP) is 0.498. The number of hydrogen-bond donors (Lipinski definition) is 1. The lowest BCUT2D eigenvalue weighted by atomic mass is 10.1. The highest BCUT2D eigenvalue weighted by Gasteiger charge is 2.24. The molecule has 2 rings (SSSR count). The zero-order valence-electron chi connectivity index (χ0n) is 9.26. The van der Waals surface area contributed by atoms with Crippen molar-refractivity contribution in [1.82, 2.24) is 10.2 Å². The Bertz CT molecular complexity index is 475. The molecular weight excluding hydrogens is 216 g/mol. The number of hydrogen-bond acceptors (Lipinski definition) is 4. The van der Waals surface area contributed by atoms with Gasteiger partial charge >= 0.3 is 0 Å². The molecule has 1 aliphatic rings. The van der Waals surface area contributed by atoms with Crippen LogP contribution in [0.5, 0.6) is 0 Å². The lowest BCUT2D eigenvalue weighted by molar-refractivity contribution is -0.124. The third-order valence-electron chi connectivity index (χ3n) is 2.56. The average molecular weight is 228 g/mol. The molecule has 17 heavy (non-hydrogen) atoms. The van der Waals surface area contributed by atoms with Gasteiger partial charge in [0.05, 0.1) is 0 Å². The van der Waals surface area contributed by atoms with E-state index in [0.29, 0.717) is 12.5 Å². The van der Waals surface area contributed by atoms with Crippen LogP contribution in [-0.4, -0.2) is 29.9 Å². The molecular formula is C12H12N4O. The topological polar surface area (TPSA) is 68.5 Å². The number of nitrogens with one attached hydrogen (secondary N) is 1. The fraction of sp³-hybridized carbons (Fsp3) is 0.250. The number of benzene rings is 1. The number of amides is 1. The summed E-state index contributed by atoms with van der Waals surface area (Å²) in [6, 6.07) is 9.89. The van der Waals surface area contributed by atoms with E-state index < -0.39 is 0 Å². The van der Waals surface area contributed by atoms with Crippen molar-refractivity contribution in [2.45, 2.75) is 6.42 Å². The highest BCUT2D eigenvalue weighted by atomic mass is 16.2. The Morgan fingerprint density at radius 1 is 1.41 bits per heavy atom. The van der Waals surface area contributed by atoms with Gasteiger partial charge in [-0.3, -0.25) is 15.0 Å². The van der Waals surface area contributed by atoms with Crippen LogP contribution in [0, 0.1) is 11.5 Å². The van der Waals surface area contributed by atoms with E-state index in [1.807, 2.05) is 30.3 Å². The summed E-state index contributed by atoms with van der Waals surface area (Å²) >= 11 is 0. The Balaban J connectivity index is 1.97. The van der Waals surface area contributed by atoms with Gasteiger partial charge < -0.3 is 0 Å². The minimum atomic E-state index is -0.0707. The number of carbonyl (C=O) groups excluding carboxylic acids is 1. The van der Waals surface area contributed by atoms with Crippen LogP contribution in [0.2, 0.25) is 0 Å². The van der Waals surface area contributed by atoms with Gasteiger partial charge in [-0.15, -0.1) is 0 Å². The van der Waals surface area contributed by atoms with E-state index in [1.54, 1.807) is 6.19 Å². The van der Waals surface area contributed by atoms with Crippen molar-refractivity contribution in [1.29, 1.82) is 5.26 Å². The Hall–Kier alpha value is -2.35. The van der Waals surface area contributed by atoms with E-state index in [0.717, 1.165) is 12.0 Å². The van der Waals surface area contributed by atoms with Gasteiger partial charge in [0, 0.05) is 6.54 Å². The van der Waals surface area contributed by atoms with Gasteiger partial charge in [0.25, 0.3) is 5.91 Å². The Morgan fingerprint density at radius 2 is 2.18 bits per heavy atom. The molecule has 0 radical (unpaired) electrons. The first-order chi connectivity index (χ1) is 8.31. The first-order valence-electron chi connectivity index (χ1n) is 5.35. The zero-order valence-corrected chi connectivity index (χ0v) is 9.26. The molecule has 1 heterocycles. The van der Waals surface area contributed by atoms with Gasteiger partial charge in [0.15, 0.2) is 6.19 Å². The molecule has 0 saturated heterocycles. The maximum atomic E-state index is 11.5. The molecule has 5 heteroatoms. The fourth-order valence-electron chi connectivity index (χ4n) is 1.70. The molecule has 1 aromatic rings. The van der Waals surface area contributed by atoms with E-state index >= 15 is 0 Å². The van der Waals surface area contributed by atoms with E-state index in [-0.39, 0.29) is 12.5 Å². The van der Waals surface area contributed by atoms with Crippen molar-refractivity contribution in [3.63, 3.8) is 0 Å². The van der Waals surface area contributed by atoms with Crippen LogP contribution >= 0.6 is 0 Å². The maximum Gasteiger partial charge on any atom is 0.251 e. The highest BCUT2D eigenvalue weighted by Crippen LogP contribution is 2.05. The van der Waals surface area contributed by atoms with Crippen molar-refractivity contribution < 1.29 is 4.79 Å². The van der Waals surface area contributed by atoms with E-state index in [4.69, 9.17) is 5.26 Å².